The number of carboxylic acid groups (broad SMARTS) is 1. The van der Waals surface area contributed by atoms with E-state index in [4.69, 9.17) is 5.11 Å². The van der Waals surface area contributed by atoms with Gasteiger partial charge in [-0.05, 0) is 55.3 Å². The highest BCUT2D eigenvalue weighted by atomic mass is 16.4. The Bertz CT molecular complexity index is 888. The van der Waals surface area contributed by atoms with Crippen molar-refractivity contribution >= 4 is 28.2 Å². The molecular weight excluding hydrogens is 288 g/mol. The Morgan fingerprint density at radius 2 is 2.00 bits per heavy atom. The topological polar surface area (TPSA) is 62.2 Å². The first-order valence-electron chi connectivity index (χ1n) is 7.57. The van der Waals surface area contributed by atoms with Crippen LogP contribution in [0.5, 0.6) is 0 Å². The van der Waals surface area contributed by atoms with Gasteiger partial charge in [0.05, 0.1) is 11.1 Å². The van der Waals surface area contributed by atoms with E-state index in [-0.39, 0.29) is 5.56 Å². The molecule has 0 aliphatic heterocycles. The molecule has 0 radical (unpaired) electrons. The van der Waals surface area contributed by atoms with E-state index in [1.165, 1.54) is 5.56 Å². The van der Waals surface area contributed by atoms with Crippen LogP contribution in [0.15, 0.2) is 48.5 Å². The summed E-state index contributed by atoms with van der Waals surface area (Å²) >= 11 is 0. The van der Waals surface area contributed by atoms with Gasteiger partial charge in [-0.25, -0.2) is 4.79 Å². The van der Waals surface area contributed by atoms with Crippen molar-refractivity contribution in [3.63, 3.8) is 0 Å². The number of carbonyl (C=O) groups is 1. The monoisotopic (exact) mass is 306 g/mol. The van der Waals surface area contributed by atoms with Crippen molar-refractivity contribution in [3.8, 4) is 0 Å². The molecule has 0 atom stereocenters. The maximum Gasteiger partial charge on any atom is 0.335 e. The van der Waals surface area contributed by atoms with E-state index in [9.17, 15) is 4.79 Å². The van der Waals surface area contributed by atoms with Gasteiger partial charge in [0.25, 0.3) is 0 Å². The van der Waals surface area contributed by atoms with Crippen LogP contribution in [0.4, 0.5) is 11.4 Å². The highest BCUT2D eigenvalue weighted by Gasteiger charge is 2.07. The molecule has 0 aliphatic rings. The summed E-state index contributed by atoms with van der Waals surface area (Å²) in [5.41, 5.74) is 5.03. The largest absolute Gasteiger partial charge is 0.478 e. The Morgan fingerprint density at radius 3 is 2.74 bits per heavy atom. The molecule has 0 saturated heterocycles. The van der Waals surface area contributed by atoms with E-state index in [1.54, 1.807) is 18.2 Å². The number of aromatic nitrogens is 1. The molecule has 0 unspecified atom stereocenters. The van der Waals surface area contributed by atoms with Crippen LogP contribution in [0.2, 0.25) is 0 Å². The number of nitrogens with one attached hydrogen (secondary N) is 1. The predicted octanol–water partition coefficient (Wildman–Crippen LogP) is 4.55. The highest BCUT2D eigenvalue weighted by molar-refractivity contribution is 5.94. The van der Waals surface area contributed by atoms with Gasteiger partial charge in [0, 0.05) is 22.5 Å². The Morgan fingerprint density at radius 1 is 1.17 bits per heavy atom. The van der Waals surface area contributed by atoms with Crippen molar-refractivity contribution in [1.82, 2.24) is 4.98 Å². The van der Waals surface area contributed by atoms with E-state index in [0.717, 1.165) is 34.4 Å². The lowest BCUT2D eigenvalue weighted by molar-refractivity contribution is 0.0697. The summed E-state index contributed by atoms with van der Waals surface area (Å²) in [6.07, 6.45) is 0.956. The maximum absolute atomic E-state index is 11.1. The Hall–Kier alpha value is -2.88. The summed E-state index contributed by atoms with van der Waals surface area (Å²) in [5.74, 6) is -0.933. The van der Waals surface area contributed by atoms with Gasteiger partial charge in [-0.3, -0.25) is 4.98 Å². The van der Waals surface area contributed by atoms with Crippen LogP contribution in [-0.4, -0.2) is 16.1 Å². The first-order valence-corrected chi connectivity index (χ1v) is 7.57. The van der Waals surface area contributed by atoms with Crippen LogP contribution < -0.4 is 5.32 Å². The number of fused-ring (bicyclic) bond motifs is 1. The van der Waals surface area contributed by atoms with Crippen molar-refractivity contribution in [2.45, 2.75) is 20.3 Å². The highest BCUT2D eigenvalue weighted by Crippen LogP contribution is 2.28. The second kappa shape index (κ2) is 6.08. The first-order chi connectivity index (χ1) is 11.1. The molecule has 3 rings (SSSR count). The van der Waals surface area contributed by atoms with Crippen molar-refractivity contribution in [2.24, 2.45) is 0 Å². The summed E-state index contributed by atoms with van der Waals surface area (Å²) in [4.78, 5) is 15.7. The molecule has 4 nitrogen and oxygen atoms in total. The fraction of sp³-hybridized carbons (Fsp3) is 0.158. The van der Waals surface area contributed by atoms with Gasteiger partial charge in [0.2, 0.25) is 0 Å². The molecule has 116 valence electrons. The van der Waals surface area contributed by atoms with Gasteiger partial charge in [-0.2, -0.15) is 0 Å². The standard InChI is InChI=1S/C19H18N2O2/c1-3-13-7-8-17-16(10-13)18(9-12(2)20-17)21-15-6-4-5-14(11-15)19(22)23/h4-11H,3H2,1-2H3,(H,20,21)(H,22,23). The predicted molar refractivity (Wildman–Crippen MR) is 92.5 cm³/mol. The zero-order chi connectivity index (χ0) is 16.4. The van der Waals surface area contributed by atoms with Gasteiger partial charge < -0.3 is 10.4 Å². The van der Waals surface area contributed by atoms with Gasteiger partial charge in [-0.15, -0.1) is 0 Å². The van der Waals surface area contributed by atoms with E-state index in [2.05, 4.69) is 29.4 Å². The fourth-order valence-corrected chi connectivity index (χ4v) is 2.61. The van der Waals surface area contributed by atoms with Gasteiger partial charge in [0.1, 0.15) is 0 Å². The molecule has 1 heterocycles. The quantitative estimate of drug-likeness (QED) is 0.742. The van der Waals surface area contributed by atoms with Crippen LogP contribution >= 0.6 is 0 Å². The summed E-state index contributed by atoms with van der Waals surface area (Å²) in [7, 11) is 0. The van der Waals surface area contributed by atoms with Crippen LogP contribution in [0.1, 0.15) is 28.5 Å². The van der Waals surface area contributed by atoms with Crippen LogP contribution in [0.3, 0.4) is 0 Å². The molecular formula is C19H18N2O2. The third-order valence-corrected chi connectivity index (χ3v) is 3.80. The second-order valence-corrected chi connectivity index (χ2v) is 5.53. The summed E-state index contributed by atoms with van der Waals surface area (Å²) in [6, 6.07) is 15.0. The minimum Gasteiger partial charge on any atom is -0.478 e. The van der Waals surface area contributed by atoms with E-state index in [1.807, 2.05) is 25.1 Å². The first kappa shape index (κ1) is 15.0. The number of nitrogens with zero attached hydrogens (tertiary/aromatic N) is 1. The van der Waals surface area contributed by atoms with E-state index < -0.39 is 5.97 Å². The number of benzene rings is 2. The third-order valence-electron chi connectivity index (χ3n) is 3.80. The molecule has 2 N–H and O–H groups in total. The van der Waals surface area contributed by atoms with Crippen LogP contribution in [0.25, 0.3) is 10.9 Å². The molecule has 0 spiro atoms. The summed E-state index contributed by atoms with van der Waals surface area (Å²) in [6.45, 7) is 4.07. The molecule has 4 heteroatoms. The lowest BCUT2D eigenvalue weighted by Crippen LogP contribution is -1.99. The zero-order valence-corrected chi connectivity index (χ0v) is 13.1. The number of anilines is 2. The summed E-state index contributed by atoms with van der Waals surface area (Å²) < 4.78 is 0. The average molecular weight is 306 g/mol. The lowest BCUT2D eigenvalue weighted by atomic mass is 10.1. The number of hydrogen-bond donors (Lipinski definition) is 2. The number of rotatable bonds is 4. The number of hydrogen-bond acceptors (Lipinski definition) is 3. The summed E-state index contributed by atoms with van der Waals surface area (Å²) in [5, 5.41) is 13.5. The van der Waals surface area contributed by atoms with Gasteiger partial charge >= 0.3 is 5.97 Å². The van der Waals surface area contributed by atoms with Crippen LogP contribution in [-0.2, 0) is 6.42 Å². The molecule has 23 heavy (non-hydrogen) atoms. The molecule has 0 amide bonds. The molecule has 2 aromatic carbocycles. The zero-order valence-electron chi connectivity index (χ0n) is 13.1. The number of pyridine rings is 1. The molecule has 1 aromatic heterocycles. The Balaban J connectivity index is 2.08. The normalized spacial score (nSPS) is 10.7. The third kappa shape index (κ3) is 3.16. The van der Waals surface area contributed by atoms with Crippen LogP contribution in [0, 0.1) is 6.92 Å². The minimum absolute atomic E-state index is 0.263. The second-order valence-electron chi connectivity index (χ2n) is 5.53. The smallest absolute Gasteiger partial charge is 0.335 e. The minimum atomic E-state index is -0.933. The average Bonchev–Trinajstić information content (AvgIpc) is 2.54. The molecule has 0 saturated carbocycles. The lowest BCUT2D eigenvalue weighted by Gasteiger charge is -2.12. The number of aromatic carboxylic acids is 1. The van der Waals surface area contributed by atoms with Crippen molar-refractivity contribution in [2.75, 3.05) is 5.32 Å². The van der Waals surface area contributed by atoms with E-state index in [0.29, 0.717) is 0 Å². The number of aryl methyl sites for hydroxylation is 2. The Kier molecular flexibility index (Phi) is 3.98. The SMILES string of the molecule is CCc1ccc2nc(C)cc(Nc3cccc(C(=O)O)c3)c2c1. The molecule has 0 bridgehead atoms. The maximum atomic E-state index is 11.1. The van der Waals surface area contributed by atoms with Crippen molar-refractivity contribution < 1.29 is 9.90 Å². The molecule has 3 aromatic rings. The van der Waals surface area contributed by atoms with Crippen molar-refractivity contribution in [1.29, 1.82) is 0 Å². The van der Waals surface area contributed by atoms with E-state index >= 15 is 0 Å². The Labute approximate surface area is 134 Å². The fourth-order valence-electron chi connectivity index (χ4n) is 2.61. The van der Waals surface area contributed by atoms with Gasteiger partial charge in [0.15, 0.2) is 0 Å². The molecule has 0 aliphatic carbocycles. The number of carboxylic acids is 1. The van der Waals surface area contributed by atoms with Gasteiger partial charge in [-0.1, -0.05) is 19.1 Å². The van der Waals surface area contributed by atoms with Crippen molar-refractivity contribution in [3.05, 3.63) is 65.4 Å². The molecule has 0 fully saturated rings.